The molecule has 0 saturated carbocycles. The molecule has 0 atom stereocenters. The molecule has 1 rings (SSSR count). The zero-order valence-corrected chi connectivity index (χ0v) is 5.89. The summed E-state index contributed by atoms with van der Waals surface area (Å²) in [5.41, 5.74) is 8.04. The largest absolute Gasteiger partial charge is 0.397 e. The number of nitrogens with two attached hydrogens (primary N) is 1. The molecule has 4 heteroatoms. The summed E-state index contributed by atoms with van der Waals surface area (Å²) in [6, 6.07) is 0. The van der Waals surface area contributed by atoms with E-state index in [0.717, 1.165) is 6.08 Å². The van der Waals surface area contributed by atoms with Crippen LogP contribution in [0.1, 0.15) is 5.69 Å². The van der Waals surface area contributed by atoms with Gasteiger partial charge in [0.15, 0.2) is 0 Å². The second kappa shape index (κ2) is 3.12. The molecule has 0 amide bonds. The number of carbonyl (C=O) groups excluding carboxylic acids is 1. The second-order valence-electron chi connectivity index (χ2n) is 1.59. The molecule has 1 aromatic rings. The van der Waals surface area contributed by atoms with Crippen LogP contribution in [0.3, 0.4) is 0 Å². The lowest BCUT2D eigenvalue weighted by Crippen LogP contribution is -1.95. The molecule has 0 bridgehead atoms. The van der Waals surface area contributed by atoms with Gasteiger partial charge in [0.25, 0.3) is 0 Å². The Balaban J connectivity index is 2.86. The minimum Gasteiger partial charge on any atom is -0.397 e. The van der Waals surface area contributed by atoms with E-state index in [1.807, 2.05) is 0 Å². The fraction of sp³-hybridized carbons (Fsp3) is 0. The number of hydrogen-bond donors (Lipinski definition) is 1. The van der Waals surface area contributed by atoms with Crippen molar-refractivity contribution >= 4 is 23.3 Å². The summed E-state index contributed by atoms with van der Waals surface area (Å²) in [6.45, 7) is 0. The third kappa shape index (κ3) is 1.41. The van der Waals surface area contributed by atoms with E-state index in [0.29, 0.717) is 11.4 Å². The highest BCUT2D eigenvalue weighted by Gasteiger charge is 1.95. The van der Waals surface area contributed by atoms with Gasteiger partial charge in [-0.2, -0.15) is 0 Å². The van der Waals surface area contributed by atoms with Gasteiger partial charge in [-0.1, -0.05) is 0 Å². The lowest BCUT2D eigenvalue weighted by atomic mass is 10.3. The Morgan fingerprint density at radius 1 is 1.90 bits per heavy atom. The molecule has 0 unspecified atom stereocenters. The molecule has 2 N–H and O–H groups in total. The molecule has 0 aromatic carbocycles. The van der Waals surface area contributed by atoms with Crippen molar-refractivity contribution in [3.05, 3.63) is 22.7 Å². The zero-order chi connectivity index (χ0) is 7.40. The van der Waals surface area contributed by atoms with Gasteiger partial charge < -0.3 is 5.73 Å². The highest BCUT2D eigenvalue weighted by atomic mass is 32.1. The summed E-state index contributed by atoms with van der Waals surface area (Å²) in [5.74, 6) is 0. The van der Waals surface area contributed by atoms with E-state index in [1.54, 1.807) is 17.2 Å². The van der Waals surface area contributed by atoms with Crippen molar-refractivity contribution < 1.29 is 4.79 Å². The molecular weight excluding hydrogens is 148 g/mol. The smallest absolute Gasteiger partial charge is 0.227 e. The van der Waals surface area contributed by atoms with Crippen LogP contribution < -0.4 is 5.73 Å². The number of nitrogens with zero attached hydrogens (tertiary/aromatic N) is 1. The van der Waals surface area contributed by atoms with Crippen LogP contribution in [0.15, 0.2) is 17.0 Å². The minimum absolute atomic E-state index is 0.358. The Morgan fingerprint density at radius 3 is 3.20 bits per heavy atom. The predicted molar refractivity (Wildman–Crippen MR) is 40.0 cm³/mol. The van der Waals surface area contributed by atoms with Gasteiger partial charge in [-0.25, -0.2) is 4.98 Å². The van der Waals surface area contributed by atoms with Crippen molar-refractivity contribution in [2.75, 3.05) is 0 Å². The first-order chi connectivity index (χ1) is 4.84. The average molecular weight is 153 g/mol. The Bertz CT molecular complexity index is 240. The quantitative estimate of drug-likeness (QED) is 0.631. The molecule has 0 aliphatic heterocycles. The van der Waals surface area contributed by atoms with Crippen LogP contribution in [0, 0.1) is 0 Å². The first kappa shape index (κ1) is 6.95. The van der Waals surface area contributed by atoms with Gasteiger partial charge in [0.2, 0.25) is 6.29 Å². The van der Waals surface area contributed by atoms with Gasteiger partial charge in [0, 0.05) is 11.5 Å². The van der Waals surface area contributed by atoms with Crippen LogP contribution in [-0.2, 0) is 4.79 Å². The SMILES string of the molecule is N/C(=C\[C]=O)c1cscn1. The maximum atomic E-state index is 9.80. The van der Waals surface area contributed by atoms with Crippen molar-refractivity contribution in [1.82, 2.24) is 4.98 Å². The molecule has 1 heterocycles. The van der Waals surface area contributed by atoms with E-state index < -0.39 is 0 Å². The molecular formula is C6H5N2OS. The molecule has 0 fully saturated rings. The van der Waals surface area contributed by atoms with Crippen LogP contribution in [0.25, 0.3) is 5.70 Å². The van der Waals surface area contributed by atoms with Gasteiger partial charge in [-0.05, 0) is 0 Å². The zero-order valence-electron chi connectivity index (χ0n) is 5.07. The summed E-state index contributed by atoms with van der Waals surface area (Å²) in [4.78, 5) is 13.7. The number of rotatable bonds is 2. The summed E-state index contributed by atoms with van der Waals surface area (Å²) in [6.07, 6.45) is 2.75. The van der Waals surface area contributed by atoms with E-state index >= 15 is 0 Å². The van der Waals surface area contributed by atoms with Crippen molar-refractivity contribution in [3.63, 3.8) is 0 Å². The molecule has 0 saturated heterocycles. The Labute approximate surface area is 62.2 Å². The third-order valence-electron chi connectivity index (χ3n) is 0.943. The Morgan fingerprint density at radius 2 is 2.70 bits per heavy atom. The summed E-state index contributed by atoms with van der Waals surface area (Å²) in [7, 11) is 0. The first-order valence-corrected chi connectivity index (χ1v) is 3.50. The third-order valence-corrected chi connectivity index (χ3v) is 1.53. The molecule has 51 valence electrons. The monoisotopic (exact) mass is 153 g/mol. The number of aromatic nitrogens is 1. The fourth-order valence-electron chi connectivity index (χ4n) is 0.493. The summed E-state index contributed by atoms with van der Waals surface area (Å²) >= 11 is 1.43. The van der Waals surface area contributed by atoms with Crippen molar-refractivity contribution in [2.45, 2.75) is 0 Å². The molecule has 10 heavy (non-hydrogen) atoms. The van der Waals surface area contributed by atoms with E-state index in [1.165, 1.54) is 11.3 Å². The highest BCUT2D eigenvalue weighted by Crippen LogP contribution is 2.07. The van der Waals surface area contributed by atoms with E-state index in [-0.39, 0.29) is 0 Å². The topological polar surface area (TPSA) is 56.0 Å². The molecule has 1 aromatic heterocycles. The Kier molecular flexibility index (Phi) is 2.17. The molecule has 1 radical (unpaired) electrons. The van der Waals surface area contributed by atoms with E-state index in [9.17, 15) is 4.79 Å². The molecule has 0 spiro atoms. The number of hydrogen-bond acceptors (Lipinski definition) is 4. The first-order valence-electron chi connectivity index (χ1n) is 2.56. The van der Waals surface area contributed by atoms with Crippen LogP contribution in [0.2, 0.25) is 0 Å². The van der Waals surface area contributed by atoms with Crippen molar-refractivity contribution in [3.8, 4) is 0 Å². The van der Waals surface area contributed by atoms with Gasteiger partial charge in [-0.15, -0.1) is 11.3 Å². The lowest BCUT2D eigenvalue weighted by Gasteiger charge is -1.89. The summed E-state index contributed by atoms with van der Waals surface area (Å²) < 4.78 is 0. The molecule has 3 nitrogen and oxygen atoms in total. The van der Waals surface area contributed by atoms with Crippen LogP contribution in [0.5, 0.6) is 0 Å². The van der Waals surface area contributed by atoms with Crippen LogP contribution >= 0.6 is 11.3 Å². The minimum atomic E-state index is 0.358. The lowest BCUT2D eigenvalue weighted by molar-refractivity contribution is 0.564. The van der Waals surface area contributed by atoms with E-state index in [2.05, 4.69) is 4.98 Å². The van der Waals surface area contributed by atoms with Gasteiger partial charge in [0.1, 0.15) is 0 Å². The van der Waals surface area contributed by atoms with Crippen LogP contribution in [-0.4, -0.2) is 11.3 Å². The Hall–Kier alpha value is -1.16. The van der Waals surface area contributed by atoms with Gasteiger partial charge in [-0.3, -0.25) is 4.79 Å². The predicted octanol–water partition coefficient (Wildman–Crippen LogP) is 0.552. The maximum absolute atomic E-state index is 9.80. The number of thiazole rings is 1. The normalized spacial score (nSPS) is 11.4. The standard InChI is InChI=1S/C6H5N2OS/c7-5(1-2-9)6-3-10-4-8-6/h1,3-4H,7H2/b5-1-. The van der Waals surface area contributed by atoms with E-state index in [4.69, 9.17) is 5.73 Å². The molecule has 0 aliphatic carbocycles. The second-order valence-corrected chi connectivity index (χ2v) is 2.31. The number of allylic oxidation sites excluding steroid dienone is 1. The average Bonchev–Trinajstić information content (AvgIpc) is 2.38. The maximum Gasteiger partial charge on any atom is 0.227 e. The van der Waals surface area contributed by atoms with Gasteiger partial charge >= 0.3 is 0 Å². The van der Waals surface area contributed by atoms with Crippen molar-refractivity contribution in [1.29, 1.82) is 0 Å². The molecule has 0 aliphatic rings. The fourth-order valence-corrected chi connectivity index (χ4v) is 1.05. The van der Waals surface area contributed by atoms with Crippen molar-refractivity contribution in [2.24, 2.45) is 5.73 Å². The van der Waals surface area contributed by atoms with Crippen LogP contribution in [0.4, 0.5) is 0 Å². The summed E-state index contributed by atoms with van der Waals surface area (Å²) in [5, 5.41) is 1.77. The highest BCUT2D eigenvalue weighted by molar-refractivity contribution is 7.07. The van der Waals surface area contributed by atoms with Gasteiger partial charge in [0.05, 0.1) is 16.9 Å².